The topological polar surface area (TPSA) is 96.0 Å². The van der Waals surface area contributed by atoms with Crippen LogP contribution in [0.25, 0.3) is 10.8 Å². The van der Waals surface area contributed by atoms with Gasteiger partial charge >= 0.3 is 0 Å². The van der Waals surface area contributed by atoms with Gasteiger partial charge in [-0.2, -0.15) is 0 Å². The zero-order valence-corrected chi connectivity index (χ0v) is 15.0. The molecule has 1 amide bonds. The first-order valence-electron chi connectivity index (χ1n) is 9.07. The Labute approximate surface area is 159 Å². The third-order valence-corrected chi connectivity index (χ3v) is 4.93. The van der Waals surface area contributed by atoms with Gasteiger partial charge < -0.3 is 10.6 Å². The van der Waals surface area contributed by atoms with Crippen LogP contribution in [-0.2, 0) is 24.3 Å². The second kappa shape index (κ2) is 7.40. The fraction of sp³-hybridized carbons (Fsp3) is 0.250. The van der Waals surface area contributed by atoms with Crippen LogP contribution in [0.5, 0.6) is 0 Å². The van der Waals surface area contributed by atoms with Crippen molar-refractivity contribution in [2.24, 2.45) is 0 Å². The average molecular weight is 382 g/mol. The molecule has 0 atom stereocenters. The number of H-pyrrole nitrogens is 1. The molecule has 2 heterocycles. The summed E-state index contributed by atoms with van der Waals surface area (Å²) < 4.78 is 15.7. The van der Waals surface area contributed by atoms with Gasteiger partial charge in [0, 0.05) is 13.0 Å². The van der Waals surface area contributed by atoms with Gasteiger partial charge in [-0.3, -0.25) is 19.5 Å². The van der Waals surface area contributed by atoms with Crippen LogP contribution in [0.1, 0.15) is 17.5 Å². The van der Waals surface area contributed by atoms with E-state index in [9.17, 15) is 18.8 Å². The number of rotatable bonds is 4. The van der Waals surface area contributed by atoms with Crippen LogP contribution in [0, 0.1) is 5.82 Å². The average Bonchev–Trinajstić information content (AvgIpc) is 2.72. The van der Waals surface area contributed by atoms with Crippen molar-refractivity contribution in [3.63, 3.8) is 0 Å². The zero-order chi connectivity index (χ0) is 19.7. The number of aryl methyl sites for hydroxylation is 1. The minimum Gasteiger partial charge on any atom is -0.324 e. The predicted octanol–water partition coefficient (Wildman–Crippen LogP) is 1.50. The third kappa shape index (κ3) is 3.34. The van der Waals surface area contributed by atoms with E-state index in [1.807, 2.05) is 0 Å². The number of halogens is 1. The molecule has 0 saturated heterocycles. The quantitative estimate of drug-likeness (QED) is 0.637. The lowest BCUT2D eigenvalue weighted by molar-refractivity contribution is -0.116. The highest BCUT2D eigenvalue weighted by atomic mass is 19.1. The molecule has 28 heavy (non-hydrogen) atoms. The van der Waals surface area contributed by atoms with Gasteiger partial charge in [-0.25, -0.2) is 9.07 Å². The van der Waals surface area contributed by atoms with Crippen molar-refractivity contribution < 1.29 is 9.18 Å². The van der Waals surface area contributed by atoms with Crippen molar-refractivity contribution >= 4 is 22.4 Å². The summed E-state index contributed by atoms with van der Waals surface area (Å²) in [5.41, 5.74) is 0.860. The molecule has 0 unspecified atom stereocenters. The Kier molecular flexibility index (Phi) is 4.79. The summed E-state index contributed by atoms with van der Waals surface area (Å²) in [6.07, 6.45) is 0.491. The van der Waals surface area contributed by atoms with E-state index in [-0.39, 0.29) is 24.2 Å². The number of aromatic amines is 1. The Morgan fingerprint density at radius 2 is 1.93 bits per heavy atom. The maximum absolute atomic E-state index is 14.6. The van der Waals surface area contributed by atoms with Gasteiger partial charge in [-0.05, 0) is 42.3 Å². The molecule has 1 aromatic heterocycles. The molecule has 0 spiro atoms. The number of hydrogen-bond acceptors (Lipinski definition) is 4. The van der Waals surface area contributed by atoms with Gasteiger partial charge in [0.25, 0.3) is 11.1 Å². The fourth-order valence-electron chi connectivity index (χ4n) is 3.46. The number of anilines is 1. The molecule has 0 aliphatic carbocycles. The summed E-state index contributed by atoms with van der Waals surface area (Å²) in [6, 6.07) is 9.84. The van der Waals surface area contributed by atoms with Crippen LogP contribution in [-0.4, -0.2) is 22.2 Å². The van der Waals surface area contributed by atoms with E-state index in [1.165, 1.54) is 0 Å². The van der Waals surface area contributed by atoms with Crippen molar-refractivity contribution in [2.75, 3.05) is 11.9 Å². The Balaban J connectivity index is 1.50. The van der Waals surface area contributed by atoms with Crippen LogP contribution in [0.4, 0.5) is 10.1 Å². The van der Waals surface area contributed by atoms with Gasteiger partial charge in [0.2, 0.25) is 5.91 Å². The van der Waals surface area contributed by atoms with Crippen LogP contribution in [0.15, 0.2) is 46.0 Å². The van der Waals surface area contributed by atoms with Crippen LogP contribution in [0.2, 0.25) is 0 Å². The molecule has 0 bridgehead atoms. The molecular formula is C20H19FN4O3. The lowest BCUT2D eigenvalue weighted by Gasteiger charge is -2.19. The van der Waals surface area contributed by atoms with Crippen molar-refractivity contribution in [3.05, 3.63) is 74.0 Å². The first-order chi connectivity index (χ1) is 13.5. The van der Waals surface area contributed by atoms with Gasteiger partial charge in [-0.1, -0.05) is 18.2 Å². The van der Waals surface area contributed by atoms with E-state index in [0.29, 0.717) is 35.8 Å². The molecular weight excluding hydrogens is 363 g/mol. The molecule has 0 saturated carbocycles. The molecule has 3 aromatic rings. The largest absolute Gasteiger partial charge is 0.324 e. The summed E-state index contributed by atoms with van der Waals surface area (Å²) in [4.78, 5) is 36.8. The zero-order valence-electron chi connectivity index (χ0n) is 15.0. The summed E-state index contributed by atoms with van der Waals surface area (Å²) >= 11 is 0. The number of benzene rings is 2. The standard InChI is InChI=1S/C20H19FN4O3/c21-18-13-7-9-22-11-12(13)5-6-16(18)23-17(26)8-10-25-20(28)15-4-2-1-3-14(15)19(27)24-25/h1-6,22H,7-11H2,(H,23,26)(H,24,27). The van der Waals surface area contributed by atoms with Crippen LogP contribution in [0.3, 0.4) is 0 Å². The van der Waals surface area contributed by atoms with Crippen molar-refractivity contribution in [1.82, 2.24) is 15.1 Å². The highest BCUT2D eigenvalue weighted by Crippen LogP contribution is 2.24. The first kappa shape index (κ1) is 18.1. The van der Waals surface area contributed by atoms with Crippen molar-refractivity contribution in [3.8, 4) is 0 Å². The SMILES string of the molecule is O=C(CCn1[nH]c(=O)c2ccccc2c1=O)Nc1ccc2c(c1F)CCNC2. The van der Waals surface area contributed by atoms with Gasteiger partial charge in [0.1, 0.15) is 5.82 Å². The minimum absolute atomic E-state index is 0.0127. The molecule has 0 radical (unpaired) electrons. The van der Waals surface area contributed by atoms with E-state index in [4.69, 9.17) is 0 Å². The van der Waals surface area contributed by atoms with Crippen molar-refractivity contribution in [2.45, 2.75) is 25.9 Å². The summed E-state index contributed by atoms with van der Waals surface area (Å²) in [5.74, 6) is -0.850. The van der Waals surface area contributed by atoms with E-state index >= 15 is 0 Å². The van der Waals surface area contributed by atoms with Gasteiger partial charge in [-0.15, -0.1) is 0 Å². The Bertz CT molecular complexity index is 1180. The number of nitrogens with zero attached hydrogens (tertiary/aromatic N) is 1. The minimum atomic E-state index is -0.436. The van der Waals surface area contributed by atoms with Crippen LogP contribution >= 0.6 is 0 Å². The lowest BCUT2D eigenvalue weighted by Crippen LogP contribution is -2.31. The van der Waals surface area contributed by atoms with Gasteiger partial charge in [0.15, 0.2) is 0 Å². The van der Waals surface area contributed by atoms with E-state index < -0.39 is 17.3 Å². The van der Waals surface area contributed by atoms with Crippen molar-refractivity contribution in [1.29, 1.82) is 0 Å². The molecule has 8 heteroatoms. The summed E-state index contributed by atoms with van der Waals surface area (Å²) in [5, 5.41) is 8.81. The Morgan fingerprint density at radius 1 is 1.14 bits per heavy atom. The third-order valence-electron chi connectivity index (χ3n) is 4.93. The number of nitrogens with one attached hydrogen (secondary N) is 3. The maximum atomic E-state index is 14.6. The normalized spacial score (nSPS) is 13.3. The first-order valence-corrected chi connectivity index (χ1v) is 9.07. The molecule has 1 aliphatic rings. The molecule has 1 aliphatic heterocycles. The Hall–Kier alpha value is -3.26. The molecule has 2 aromatic carbocycles. The molecule has 7 nitrogen and oxygen atoms in total. The Morgan fingerprint density at radius 3 is 2.75 bits per heavy atom. The molecule has 4 rings (SSSR count). The fourth-order valence-corrected chi connectivity index (χ4v) is 3.46. The highest BCUT2D eigenvalue weighted by molar-refractivity contribution is 5.91. The lowest BCUT2D eigenvalue weighted by atomic mass is 9.99. The molecule has 144 valence electrons. The predicted molar refractivity (Wildman–Crippen MR) is 104 cm³/mol. The molecule has 0 fully saturated rings. The number of carbonyl (C=O) groups excluding carboxylic acids is 1. The summed E-state index contributed by atoms with van der Waals surface area (Å²) in [7, 11) is 0. The van der Waals surface area contributed by atoms with E-state index in [2.05, 4.69) is 15.7 Å². The smallest absolute Gasteiger partial charge is 0.273 e. The molecule has 3 N–H and O–H groups in total. The van der Waals surface area contributed by atoms with E-state index in [1.54, 1.807) is 36.4 Å². The summed E-state index contributed by atoms with van der Waals surface area (Å²) in [6.45, 7) is 1.29. The van der Waals surface area contributed by atoms with Gasteiger partial charge in [0.05, 0.1) is 23.0 Å². The number of hydrogen-bond donors (Lipinski definition) is 3. The highest BCUT2D eigenvalue weighted by Gasteiger charge is 2.17. The maximum Gasteiger partial charge on any atom is 0.273 e. The number of fused-ring (bicyclic) bond motifs is 2. The second-order valence-electron chi connectivity index (χ2n) is 6.73. The number of carbonyl (C=O) groups is 1. The monoisotopic (exact) mass is 382 g/mol. The number of aromatic nitrogens is 2. The second-order valence-corrected chi connectivity index (χ2v) is 6.73. The van der Waals surface area contributed by atoms with E-state index in [0.717, 1.165) is 10.2 Å². The number of amides is 1. The van der Waals surface area contributed by atoms with Crippen LogP contribution < -0.4 is 21.8 Å².